The highest BCUT2D eigenvalue weighted by molar-refractivity contribution is 9.11. The summed E-state index contributed by atoms with van der Waals surface area (Å²) in [4.78, 5) is 13.5. The lowest BCUT2D eigenvalue weighted by Crippen LogP contribution is -2.28. The van der Waals surface area contributed by atoms with Gasteiger partial charge in [0.1, 0.15) is 0 Å². The second kappa shape index (κ2) is 3.90. The van der Waals surface area contributed by atoms with Crippen LogP contribution in [0.3, 0.4) is 0 Å². The molecule has 0 saturated carbocycles. The first-order chi connectivity index (χ1) is 6.66. The second-order valence-corrected chi connectivity index (χ2v) is 5.82. The number of thiophene rings is 1. The van der Waals surface area contributed by atoms with Crippen LogP contribution in [-0.2, 0) is 13.0 Å². The Balaban J connectivity index is 2.25. The van der Waals surface area contributed by atoms with Crippen LogP contribution in [0.2, 0.25) is 0 Å². The van der Waals surface area contributed by atoms with E-state index in [9.17, 15) is 4.79 Å². The lowest BCUT2D eigenvalue weighted by Gasteiger charge is -2.15. The maximum absolute atomic E-state index is 10.8. The van der Waals surface area contributed by atoms with Crippen LogP contribution in [0.1, 0.15) is 16.9 Å². The molecule has 1 amide bonds. The van der Waals surface area contributed by atoms with E-state index in [0.717, 1.165) is 16.6 Å². The first-order valence-corrected chi connectivity index (χ1v) is 6.02. The molecule has 2 heterocycles. The molecule has 1 N–H and O–H groups in total. The number of aryl methyl sites for hydroxylation is 1. The summed E-state index contributed by atoms with van der Waals surface area (Å²) < 4.78 is 1.09. The average Bonchev–Trinajstić information content (AvgIpc) is 2.32. The zero-order valence-corrected chi connectivity index (χ0v) is 9.90. The van der Waals surface area contributed by atoms with Gasteiger partial charge in [0.25, 0.3) is 0 Å². The number of nitrogens with zero attached hydrogens (tertiary/aromatic N) is 1. The summed E-state index contributed by atoms with van der Waals surface area (Å²) in [6, 6.07) is 2.10. The number of carboxylic acid groups (broad SMARTS) is 1. The molecule has 76 valence electrons. The fourth-order valence-electron chi connectivity index (χ4n) is 1.65. The minimum Gasteiger partial charge on any atom is -0.465 e. The fraction of sp³-hybridized carbons (Fsp3) is 0.444. The van der Waals surface area contributed by atoms with Gasteiger partial charge in [-0.1, -0.05) is 0 Å². The number of hydrogen-bond donors (Lipinski definition) is 1. The highest BCUT2D eigenvalue weighted by atomic mass is 79.9. The summed E-state index contributed by atoms with van der Waals surface area (Å²) in [5, 5.41) is 8.91. The van der Waals surface area contributed by atoms with Gasteiger partial charge in [0.15, 0.2) is 0 Å². The summed E-state index contributed by atoms with van der Waals surface area (Å²) in [7, 11) is 0. The summed E-state index contributed by atoms with van der Waals surface area (Å²) in [6.07, 6.45) is 1.09. The normalized spacial score (nSPS) is 16.2. The van der Waals surface area contributed by atoms with E-state index in [1.165, 1.54) is 15.3 Å². The summed E-state index contributed by atoms with van der Waals surface area (Å²) in [5.41, 5.74) is 1.30. The summed E-state index contributed by atoms with van der Waals surface area (Å²) >= 11 is 5.06. The van der Waals surface area contributed by atoms with E-state index in [1.54, 1.807) is 11.3 Å². The van der Waals surface area contributed by atoms with Gasteiger partial charge in [0.05, 0.1) is 10.3 Å². The molecule has 14 heavy (non-hydrogen) atoms. The molecule has 0 aromatic carbocycles. The Labute approximate surface area is 94.5 Å². The standard InChI is InChI=1S/C9H10BrNO2S/c10-8-4-6-2-1-3-11(9(12)13)5-7(6)14-8/h4H,1-3,5H2,(H,12,13). The third kappa shape index (κ3) is 1.93. The summed E-state index contributed by atoms with van der Waals surface area (Å²) in [6.45, 7) is 1.19. The Morgan fingerprint density at radius 2 is 2.43 bits per heavy atom. The van der Waals surface area contributed by atoms with E-state index in [2.05, 4.69) is 22.0 Å². The zero-order valence-electron chi connectivity index (χ0n) is 7.49. The molecule has 3 nitrogen and oxygen atoms in total. The molecule has 0 bridgehead atoms. The van der Waals surface area contributed by atoms with E-state index in [4.69, 9.17) is 5.11 Å². The first-order valence-electron chi connectivity index (χ1n) is 4.42. The number of amides is 1. The van der Waals surface area contributed by atoms with Crippen LogP contribution in [0.4, 0.5) is 4.79 Å². The van der Waals surface area contributed by atoms with E-state index in [1.807, 2.05) is 0 Å². The largest absolute Gasteiger partial charge is 0.465 e. The van der Waals surface area contributed by atoms with Gasteiger partial charge in [-0.05, 0) is 40.4 Å². The number of fused-ring (bicyclic) bond motifs is 1. The van der Waals surface area contributed by atoms with Crippen molar-refractivity contribution in [2.24, 2.45) is 0 Å². The molecule has 0 atom stereocenters. The molecule has 0 saturated heterocycles. The zero-order chi connectivity index (χ0) is 10.1. The van der Waals surface area contributed by atoms with Crippen LogP contribution in [0.5, 0.6) is 0 Å². The van der Waals surface area contributed by atoms with Crippen LogP contribution in [0.15, 0.2) is 9.85 Å². The van der Waals surface area contributed by atoms with Gasteiger partial charge in [-0.25, -0.2) is 4.79 Å². The van der Waals surface area contributed by atoms with Crippen LogP contribution in [-0.4, -0.2) is 22.6 Å². The lowest BCUT2D eigenvalue weighted by atomic mass is 10.2. The molecule has 1 aliphatic heterocycles. The number of rotatable bonds is 0. The van der Waals surface area contributed by atoms with Crippen molar-refractivity contribution >= 4 is 33.4 Å². The molecule has 0 radical (unpaired) electrons. The smallest absolute Gasteiger partial charge is 0.407 e. The molecule has 1 aliphatic rings. The molecule has 0 spiro atoms. The van der Waals surface area contributed by atoms with E-state index < -0.39 is 6.09 Å². The molecule has 0 unspecified atom stereocenters. The van der Waals surface area contributed by atoms with Crippen molar-refractivity contribution < 1.29 is 9.90 Å². The van der Waals surface area contributed by atoms with E-state index >= 15 is 0 Å². The van der Waals surface area contributed by atoms with Gasteiger partial charge >= 0.3 is 6.09 Å². The Morgan fingerprint density at radius 1 is 1.64 bits per heavy atom. The Kier molecular flexibility index (Phi) is 2.78. The van der Waals surface area contributed by atoms with Gasteiger partial charge < -0.3 is 10.0 Å². The van der Waals surface area contributed by atoms with Gasteiger partial charge in [0, 0.05) is 11.4 Å². The molecular formula is C9H10BrNO2S. The molecule has 0 fully saturated rings. The highest BCUT2D eigenvalue weighted by Gasteiger charge is 2.19. The molecule has 5 heteroatoms. The van der Waals surface area contributed by atoms with Gasteiger partial charge in [0.2, 0.25) is 0 Å². The number of halogens is 1. The van der Waals surface area contributed by atoms with Crippen molar-refractivity contribution in [1.29, 1.82) is 0 Å². The van der Waals surface area contributed by atoms with Crippen molar-refractivity contribution in [2.75, 3.05) is 6.54 Å². The maximum atomic E-state index is 10.8. The Morgan fingerprint density at radius 3 is 3.14 bits per heavy atom. The lowest BCUT2D eigenvalue weighted by molar-refractivity contribution is 0.143. The van der Waals surface area contributed by atoms with Crippen LogP contribution in [0.25, 0.3) is 0 Å². The van der Waals surface area contributed by atoms with Crippen molar-refractivity contribution in [1.82, 2.24) is 4.90 Å². The molecule has 2 rings (SSSR count). The molecule has 1 aromatic heterocycles. The SMILES string of the molecule is O=C(O)N1CCCc2cc(Br)sc2C1. The van der Waals surface area contributed by atoms with E-state index in [0.29, 0.717) is 13.1 Å². The van der Waals surface area contributed by atoms with Crippen molar-refractivity contribution in [3.63, 3.8) is 0 Å². The molecular weight excluding hydrogens is 266 g/mol. The fourth-order valence-corrected chi connectivity index (χ4v) is 3.46. The van der Waals surface area contributed by atoms with Crippen molar-refractivity contribution in [3.8, 4) is 0 Å². The minimum absolute atomic E-state index is 0.543. The minimum atomic E-state index is -0.817. The second-order valence-electron chi connectivity index (χ2n) is 3.31. The van der Waals surface area contributed by atoms with Crippen molar-refractivity contribution in [2.45, 2.75) is 19.4 Å². The third-order valence-electron chi connectivity index (χ3n) is 2.35. The topological polar surface area (TPSA) is 40.5 Å². The van der Waals surface area contributed by atoms with Crippen LogP contribution >= 0.6 is 27.3 Å². The Bertz CT molecular complexity index is 364. The molecule has 0 aliphatic carbocycles. The maximum Gasteiger partial charge on any atom is 0.407 e. The molecule has 1 aromatic rings. The predicted octanol–water partition coefficient (Wildman–Crippen LogP) is 2.94. The number of carbonyl (C=O) groups is 1. The summed E-state index contributed by atoms with van der Waals surface area (Å²) in [5.74, 6) is 0. The van der Waals surface area contributed by atoms with Gasteiger partial charge in [-0.3, -0.25) is 0 Å². The van der Waals surface area contributed by atoms with Crippen molar-refractivity contribution in [3.05, 3.63) is 20.3 Å². The average molecular weight is 276 g/mol. The highest BCUT2D eigenvalue weighted by Crippen LogP contribution is 2.31. The van der Waals surface area contributed by atoms with Gasteiger partial charge in [-0.15, -0.1) is 11.3 Å². The quantitative estimate of drug-likeness (QED) is 0.791. The van der Waals surface area contributed by atoms with Gasteiger partial charge in [-0.2, -0.15) is 0 Å². The van der Waals surface area contributed by atoms with Crippen LogP contribution in [0, 0.1) is 0 Å². The predicted molar refractivity (Wildman–Crippen MR) is 58.8 cm³/mol. The monoisotopic (exact) mass is 275 g/mol. The first kappa shape index (κ1) is 9.98. The third-order valence-corrected chi connectivity index (χ3v) is 4.01. The van der Waals surface area contributed by atoms with E-state index in [-0.39, 0.29) is 0 Å². The Hall–Kier alpha value is -0.550. The van der Waals surface area contributed by atoms with Crippen LogP contribution < -0.4 is 0 Å². The number of hydrogen-bond acceptors (Lipinski definition) is 2.